The number of aromatic nitrogens is 2. The standard InChI is InChI=1S/C14H16N4OS/c19-13(18-14-16-6-7-20-14)11-3-4-12(17-9-11)10-2-1-5-15-8-10/h3-4,6-7,9-10,15H,1-2,5,8H2,(H,16,18,19)/t10-/m0/s1. The predicted molar refractivity (Wildman–Crippen MR) is 79.1 cm³/mol. The lowest BCUT2D eigenvalue weighted by atomic mass is 9.95. The maximum absolute atomic E-state index is 12.0. The molecule has 1 atom stereocenters. The Morgan fingerprint density at radius 2 is 2.35 bits per heavy atom. The first kappa shape index (κ1) is 13.2. The number of carbonyl (C=O) groups excluding carboxylic acids is 1. The van der Waals surface area contributed by atoms with Gasteiger partial charge in [0.2, 0.25) is 0 Å². The summed E-state index contributed by atoms with van der Waals surface area (Å²) in [6.07, 6.45) is 5.65. The molecule has 2 N–H and O–H groups in total. The van der Waals surface area contributed by atoms with Crippen LogP contribution in [0.4, 0.5) is 5.13 Å². The number of thiazole rings is 1. The Labute approximate surface area is 121 Å². The molecular weight excluding hydrogens is 272 g/mol. The summed E-state index contributed by atoms with van der Waals surface area (Å²) < 4.78 is 0. The van der Waals surface area contributed by atoms with Crippen LogP contribution < -0.4 is 10.6 Å². The van der Waals surface area contributed by atoms with Gasteiger partial charge in [0.05, 0.1) is 5.56 Å². The number of nitrogens with one attached hydrogen (secondary N) is 2. The van der Waals surface area contributed by atoms with Crippen molar-refractivity contribution in [3.63, 3.8) is 0 Å². The molecule has 1 saturated heterocycles. The van der Waals surface area contributed by atoms with Crippen molar-refractivity contribution >= 4 is 22.4 Å². The molecular formula is C14H16N4OS. The maximum atomic E-state index is 12.0. The highest BCUT2D eigenvalue weighted by Crippen LogP contribution is 2.21. The molecule has 3 heterocycles. The van der Waals surface area contributed by atoms with Crippen molar-refractivity contribution in [2.45, 2.75) is 18.8 Å². The van der Waals surface area contributed by atoms with Crippen LogP contribution in [0.1, 0.15) is 34.8 Å². The maximum Gasteiger partial charge on any atom is 0.259 e. The summed E-state index contributed by atoms with van der Waals surface area (Å²) in [6, 6.07) is 3.79. The van der Waals surface area contributed by atoms with E-state index in [-0.39, 0.29) is 5.91 Å². The zero-order chi connectivity index (χ0) is 13.8. The van der Waals surface area contributed by atoms with E-state index in [2.05, 4.69) is 20.6 Å². The van der Waals surface area contributed by atoms with E-state index in [1.807, 2.05) is 17.5 Å². The molecule has 0 saturated carbocycles. The van der Waals surface area contributed by atoms with Crippen molar-refractivity contribution in [3.05, 3.63) is 41.2 Å². The summed E-state index contributed by atoms with van der Waals surface area (Å²) in [4.78, 5) is 20.5. The van der Waals surface area contributed by atoms with Gasteiger partial charge < -0.3 is 5.32 Å². The molecule has 0 radical (unpaired) electrons. The van der Waals surface area contributed by atoms with Crippen LogP contribution in [-0.2, 0) is 0 Å². The van der Waals surface area contributed by atoms with Crippen LogP contribution in [0.25, 0.3) is 0 Å². The number of piperidine rings is 1. The predicted octanol–water partition coefficient (Wildman–Crippen LogP) is 2.26. The zero-order valence-electron chi connectivity index (χ0n) is 11.0. The van der Waals surface area contributed by atoms with Gasteiger partial charge in [0.25, 0.3) is 5.91 Å². The van der Waals surface area contributed by atoms with Gasteiger partial charge in [-0.1, -0.05) is 0 Å². The van der Waals surface area contributed by atoms with Crippen molar-refractivity contribution in [1.82, 2.24) is 15.3 Å². The van der Waals surface area contributed by atoms with Gasteiger partial charge in [-0.05, 0) is 31.5 Å². The van der Waals surface area contributed by atoms with Crippen molar-refractivity contribution in [1.29, 1.82) is 0 Å². The molecule has 5 nitrogen and oxygen atoms in total. The summed E-state index contributed by atoms with van der Waals surface area (Å²) in [5.41, 5.74) is 1.62. The first-order valence-corrected chi connectivity index (χ1v) is 7.58. The van der Waals surface area contributed by atoms with E-state index in [4.69, 9.17) is 0 Å². The van der Waals surface area contributed by atoms with Crippen molar-refractivity contribution in [3.8, 4) is 0 Å². The Bertz CT molecular complexity index is 561. The molecule has 1 aliphatic rings. The third-order valence-corrected chi connectivity index (χ3v) is 4.11. The van der Waals surface area contributed by atoms with E-state index < -0.39 is 0 Å². The average molecular weight is 288 g/mol. The highest BCUT2D eigenvalue weighted by atomic mass is 32.1. The monoisotopic (exact) mass is 288 g/mol. The Kier molecular flexibility index (Phi) is 4.03. The third-order valence-electron chi connectivity index (χ3n) is 3.42. The molecule has 1 fully saturated rings. The molecule has 3 rings (SSSR count). The van der Waals surface area contributed by atoms with E-state index in [1.165, 1.54) is 17.8 Å². The van der Waals surface area contributed by atoms with E-state index >= 15 is 0 Å². The number of amides is 1. The number of hydrogen-bond acceptors (Lipinski definition) is 5. The molecule has 2 aromatic rings. The number of nitrogens with zero attached hydrogens (tertiary/aromatic N) is 2. The second-order valence-corrected chi connectivity index (χ2v) is 5.70. The summed E-state index contributed by atoms with van der Waals surface area (Å²) in [5, 5.41) is 8.56. The van der Waals surface area contributed by atoms with E-state index in [0.29, 0.717) is 16.6 Å². The number of hydrogen-bond donors (Lipinski definition) is 2. The Morgan fingerprint density at radius 3 is 3.00 bits per heavy atom. The SMILES string of the molecule is O=C(Nc1nccs1)c1ccc([C@H]2CCCNC2)nc1. The van der Waals surface area contributed by atoms with Crippen molar-refractivity contribution in [2.24, 2.45) is 0 Å². The molecule has 0 aromatic carbocycles. The van der Waals surface area contributed by atoms with Crippen LogP contribution in [0.2, 0.25) is 0 Å². The van der Waals surface area contributed by atoms with Crippen LogP contribution in [-0.4, -0.2) is 29.0 Å². The van der Waals surface area contributed by atoms with Crippen LogP contribution in [0, 0.1) is 0 Å². The molecule has 0 spiro atoms. The number of pyridine rings is 1. The van der Waals surface area contributed by atoms with Gasteiger partial charge in [-0.2, -0.15) is 0 Å². The Morgan fingerprint density at radius 1 is 1.40 bits per heavy atom. The largest absolute Gasteiger partial charge is 0.316 e. The molecule has 6 heteroatoms. The van der Waals surface area contributed by atoms with Gasteiger partial charge >= 0.3 is 0 Å². The fourth-order valence-electron chi connectivity index (χ4n) is 2.34. The lowest BCUT2D eigenvalue weighted by Gasteiger charge is -2.22. The second kappa shape index (κ2) is 6.11. The van der Waals surface area contributed by atoms with Crippen molar-refractivity contribution in [2.75, 3.05) is 18.4 Å². The quantitative estimate of drug-likeness (QED) is 0.909. The smallest absolute Gasteiger partial charge is 0.259 e. The molecule has 0 unspecified atom stereocenters. The van der Waals surface area contributed by atoms with Crippen molar-refractivity contribution < 1.29 is 4.79 Å². The topological polar surface area (TPSA) is 66.9 Å². The summed E-state index contributed by atoms with van der Waals surface area (Å²) in [7, 11) is 0. The minimum Gasteiger partial charge on any atom is -0.316 e. The third kappa shape index (κ3) is 3.02. The normalized spacial score (nSPS) is 18.7. The molecule has 20 heavy (non-hydrogen) atoms. The first-order chi connectivity index (χ1) is 9.83. The van der Waals surface area contributed by atoms with Crippen LogP contribution >= 0.6 is 11.3 Å². The zero-order valence-corrected chi connectivity index (χ0v) is 11.8. The molecule has 1 amide bonds. The van der Waals surface area contributed by atoms with Crippen LogP contribution in [0.3, 0.4) is 0 Å². The second-order valence-electron chi connectivity index (χ2n) is 4.81. The number of anilines is 1. The minimum atomic E-state index is -0.166. The molecule has 0 bridgehead atoms. The highest BCUT2D eigenvalue weighted by molar-refractivity contribution is 7.13. The average Bonchev–Trinajstić information content (AvgIpc) is 3.01. The molecule has 104 valence electrons. The number of carbonyl (C=O) groups is 1. The van der Waals surface area contributed by atoms with Gasteiger partial charge in [0.15, 0.2) is 5.13 Å². The highest BCUT2D eigenvalue weighted by Gasteiger charge is 2.17. The van der Waals surface area contributed by atoms with E-state index in [0.717, 1.165) is 25.2 Å². The van der Waals surface area contributed by atoms with E-state index in [9.17, 15) is 4.79 Å². The molecule has 1 aliphatic heterocycles. The van der Waals surface area contributed by atoms with E-state index in [1.54, 1.807) is 12.4 Å². The van der Waals surface area contributed by atoms with Gasteiger partial charge in [-0.15, -0.1) is 11.3 Å². The summed E-state index contributed by atoms with van der Waals surface area (Å²) in [5.74, 6) is 0.292. The van der Waals surface area contributed by atoms with Gasteiger partial charge in [-0.25, -0.2) is 4.98 Å². The Hall–Kier alpha value is -1.79. The Balaban J connectivity index is 1.67. The van der Waals surface area contributed by atoms with Crippen LogP contribution in [0.5, 0.6) is 0 Å². The molecule has 2 aromatic heterocycles. The fourth-order valence-corrected chi connectivity index (χ4v) is 2.86. The molecule has 0 aliphatic carbocycles. The fraction of sp³-hybridized carbons (Fsp3) is 0.357. The summed E-state index contributed by atoms with van der Waals surface area (Å²) in [6.45, 7) is 2.06. The number of rotatable bonds is 3. The lowest BCUT2D eigenvalue weighted by Crippen LogP contribution is -2.28. The minimum absolute atomic E-state index is 0.166. The van der Waals surface area contributed by atoms with Gasteiger partial charge in [-0.3, -0.25) is 15.1 Å². The van der Waals surface area contributed by atoms with Crippen LogP contribution in [0.15, 0.2) is 29.9 Å². The summed E-state index contributed by atoms with van der Waals surface area (Å²) >= 11 is 1.40. The first-order valence-electron chi connectivity index (χ1n) is 6.70. The van der Waals surface area contributed by atoms with Gasteiger partial charge in [0.1, 0.15) is 0 Å². The lowest BCUT2D eigenvalue weighted by molar-refractivity contribution is 0.102. The van der Waals surface area contributed by atoms with Gasteiger partial charge in [0, 0.05) is 35.9 Å².